The molecule has 6 aliphatic rings. The minimum atomic E-state index is 0.131. The van der Waals surface area contributed by atoms with Gasteiger partial charge in [-0.15, -0.1) is 0 Å². The van der Waals surface area contributed by atoms with Crippen molar-refractivity contribution in [3.8, 4) is 0 Å². The first-order valence-corrected chi connectivity index (χ1v) is 15.2. The number of epoxide rings is 1. The van der Waals surface area contributed by atoms with E-state index in [2.05, 4.69) is 24.8 Å². The largest absolute Gasteiger partial charge is 0.472 e. The van der Waals surface area contributed by atoms with Crippen molar-refractivity contribution >= 4 is 0 Å². The molecule has 0 N–H and O–H groups in total. The second kappa shape index (κ2) is 9.10. The number of ether oxygens (including phenoxy) is 3. The fourth-order valence-corrected chi connectivity index (χ4v) is 10.4. The van der Waals surface area contributed by atoms with Gasteiger partial charge in [-0.1, -0.05) is 13.8 Å². The van der Waals surface area contributed by atoms with Crippen LogP contribution < -0.4 is 0 Å². The van der Waals surface area contributed by atoms with Crippen LogP contribution in [0.4, 0.5) is 0 Å². The van der Waals surface area contributed by atoms with Crippen LogP contribution in [0, 0.1) is 28.6 Å². The second-order valence-corrected chi connectivity index (χ2v) is 13.6. The van der Waals surface area contributed by atoms with E-state index in [0.29, 0.717) is 23.5 Å². The van der Waals surface area contributed by atoms with Crippen molar-refractivity contribution in [3.63, 3.8) is 0 Å². The van der Waals surface area contributed by atoms with Crippen LogP contribution in [-0.2, 0) is 14.2 Å². The lowest BCUT2D eigenvalue weighted by Crippen LogP contribution is -2.58. The van der Waals surface area contributed by atoms with E-state index in [4.69, 9.17) is 18.6 Å². The maximum absolute atomic E-state index is 6.74. The van der Waals surface area contributed by atoms with Crippen LogP contribution in [0.15, 0.2) is 23.0 Å². The zero-order chi connectivity index (χ0) is 24.4. The van der Waals surface area contributed by atoms with Crippen LogP contribution >= 0.6 is 0 Å². The van der Waals surface area contributed by atoms with Crippen molar-refractivity contribution in [3.05, 3.63) is 24.2 Å². The third-order valence-electron chi connectivity index (χ3n) is 12.3. The molecule has 36 heavy (non-hydrogen) atoms. The quantitative estimate of drug-likeness (QED) is 0.324. The summed E-state index contributed by atoms with van der Waals surface area (Å²) < 4.78 is 24.5. The molecule has 4 aliphatic carbocycles. The Morgan fingerprint density at radius 2 is 1.86 bits per heavy atom. The standard InChI is InChI=1S/C31H47NO4/c1-29-10-7-24(35-18-17-33-16-14-32-12-3-4-13-32)19-23(29)5-6-26-25(29)8-11-30(2)27(22-9-15-34-21-22)20-28-31(26,30)36-28/h9,15,21,23-28H,3-8,10-14,16-20H2,1-2H3/t23-,24+,25+,26-,27-,28+,29+,30-,31+/m1/s1. The van der Waals surface area contributed by atoms with Crippen LogP contribution in [-0.4, -0.2) is 62.2 Å². The first kappa shape index (κ1) is 24.2. The van der Waals surface area contributed by atoms with E-state index in [9.17, 15) is 0 Å². The lowest BCUT2D eigenvalue weighted by atomic mass is 9.44. The second-order valence-electron chi connectivity index (χ2n) is 13.6. The number of nitrogens with zero attached hydrogens (tertiary/aromatic N) is 1. The Morgan fingerprint density at radius 3 is 2.69 bits per heavy atom. The Kier molecular flexibility index (Phi) is 6.11. The summed E-state index contributed by atoms with van der Waals surface area (Å²) in [5, 5.41) is 0. The Hall–Kier alpha value is -0.880. The van der Waals surface area contributed by atoms with E-state index in [1.54, 1.807) is 0 Å². The zero-order valence-corrected chi connectivity index (χ0v) is 22.6. The average molecular weight is 498 g/mol. The Labute approximate surface area is 217 Å². The van der Waals surface area contributed by atoms with Crippen LogP contribution in [0.3, 0.4) is 0 Å². The molecule has 200 valence electrons. The maximum atomic E-state index is 6.74. The first-order chi connectivity index (χ1) is 17.5. The van der Waals surface area contributed by atoms with Gasteiger partial charge < -0.3 is 23.5 Å². The summed E-state index contributed by atoms with van der Waals surface area (Å²) in [6, 6.07) is 2.21. The van der Waals surface area contributed by atoms with Crippen molar-refractivity contribution in [1.82, 2.24) is 4.90 Å². The zero-order valence-electron chi connectivity index (χ0n) is 22.6. The number of likely N-dealkylation sites (tertiary alicyclic amines) is 1. The van der Waals surface area contributed by atoms with Crippen molar-refractivity contribution < 1.29 is 18.6 Å². The first-order valence-electron chi connectivity index (χ1n) is 15.2. The predicted molar refractivity (Wildman–Crippen MR) is 139 cm³/mol. The number of hydrogen-bond acceptors (Lipinski definition) is 5. The van der Waals surface area contributed by atoms with Gasteiger partial charge in [-0.3, -0.25) is 0 Å². The van der Waals surface area contributed by atoms with Gasteiger partial charge in [0.15, 0.2) is 0 Å². The third kappa shape index (κ3) is 3.62. The molecule has 1 aromatic rings. The van der Waals surface area contributed by atoms with E-state index in [1.165, 1.54) is 82.9 Å². The SMILES string of the molecule is C[C@]12CC[C@H](OCCOCCN3CCCC3)C[C@H]1CC[C@@H]1[C@@H]2CC[C@]2(C)[C@@H](c3ccoc3)C[C@@H]3O[C@]312. The van der Waals surface area contributed by atoms with Crippen molar-refractivity contribution in [2.45, 2.75) is 102 Å². The summed E-state index contributed by atoms with van der Waals surface area (Å²) in [6.45, 7) is 11.1. The number of rotatable bonds is 8. The summed E-state index contributed by atoms with van der Waals surface area (Å²) >= 11 is 0. The molecule has 3 heterocycles. The van der Waals surface area contributed by atoms with Gasteiger partial charge in [-0.25, -0.2) is 0 Å². The molecule has 2 saturated heterocycles. The van der Waals surface area contributed by atoms with Gasteiger partial charge >= 0.3 is 0 Å². The van der Waals surface area contributed by atoms with Crippen LogP contribution in [0.2, 0.25) is 0 Å². The summed E-state index contributed by atoms with van der Waals surface area (Å²) in [7, 11) is 0. The van der Waals surface area contributed by atoms with Gasteiger partial charge in [0.2, 0.25) is 0 Å². The third-order valence-corrected chi connectivity index (χ3v) is 12.3. The molecule has 7 rings (SSSR count). The van der Waals surface area contributed by atoms with Crippen LogP contribution in [0.25, 0.3) is 0 Å². The minimum Gasteiger partial charge on any atom is -0.472 e. The average Bonchev–Trinajstić information content (AvgIpc) is 3.29. The van der Waals surface area contributed by atoms with Crippen LogP contribution in [0.1, 0.15) is 89.5 Å². The van der Waals surface area contributed by atoms with Gasteiger partial charge in [-0.05, 0) is 118 Å². The van der Waals surface area contributed by atoms with Gasteiger partial charge in [0.25, 0.3) is 0 Å². The Morgan fingerprint density at radius 1 is 0.972 bits per heavy atom. The normalized spacial score (nSPS) is 47.7. The smallest absolute Gasteiger partial charge is 0.104 e. The monoisotopic (exact) mass is 497 g/mol. The molecule has 2 aliphatic heterocycles. The van der Waals surface area contributed by atoms with Crippen molar-refractivity contribution in [2.24, 2.45) is 28.6 Å². The Balaban J connectivity index is 0.947. The summed E-state index contributed by atoms with van der Waals surface area (Å²) in [5.74, 6) is 2.95. The fraction of sp³-hybridized carbons (Fsp3) is 0.871. The van der Waals surface area contributed by atoms with Crippen molar-refractivity contribution in [2.75, 3.05) is 39.5 Å². The summed E-state index contributed by atoms with van der Waals surface area (Å²) in [6.07, 6.45) is 17.8. The number of hydrogen-bond donors (Lipinski definition) is 0. The Bertz CT molecular complexity index is 914. The summed E-state index contributed by atoms with van der Waals surface area (Å²) in [4.78, 5) is 2.52. The van der Waals surface area contributed by atoms with E-state index in [-0.39, 0.29) is 11.0 Å². The lowest BCUT2D eigenvalue weighted by Gasteiger charge is -2.61. The fourth-order valence-electron chi connectivity index (χ4n) is 10.4. The van der Waals surface area contributed by atoms with Gasteiger partial charge in [0, 0.05) is 12.0 Å². The maximum Gasteiger partial charge on any atom is 0.104 e. The highest BCUT2D eigenvalue weighted by Gasteiger charge is 2.80. The molecule has 1 aromatic heterocycles. The summed E-state index contributed by atoms with van der Waals surface area (Å²) in [5.41, 5.74) is 2.26. The minimum absolute atomic E-state index is 0.131. The molecule has 9 atom stereocenters. The molecule has 5 nitrogen and oxygen atoms in total. The van der Waals surface area contributed by atoms with Gasteiger partial charge in [0.1, 0.15) is 5.60 Å². The van der Waals surface area contributed by atoms with Crippen molar-refractivity contribution in [1.29, 1.82) is 0 Å². The molecule has 0 unspecified atom stereocenters. The highest BCUT2D eigenvalue weighted by atomic mass is 16.6. The lowest BCUT2D eigenvalue weighted by molar-refractivity contribution is -0.147. The highest BCUT2D eigenvalue weighted by molar-refractivity contribution is 5.35. The molecular formula is C31H47NO4. The highest BCUT2D eigenvalue weighted by Crippen LogP contribution is 2.78. The van der Waals surface area contributed by atoms with E-state index in [0.717, 1.165) is 44.1 Å². The van der Waals surface area contributed by atoms with E-state index < -0.39 is 0 Å². The molecule has 1 spiro atoms. The van der Waals surface area contributed by atoms with Crippen LogP contribution in [0.5, 0.6) is 0 Å². The molecule has 0 amide bonds. The molecule has 5 heteroatoms. The molecule has 0 radical (unpaired) electrons. The molecule has 6 fully saturated rings. The van der Waals surface area contributed by atoms with Gasteiger partial charge in [-0.2, -0.15) is 0 Å². The predicted octanol–water partition coefficient (Wildman–Crippen LogP) is 6.03. The number of furan rings is 1. The molecule has 0 aromatic carbocycles. The molecule has 0 bridgehead atoms. The topological polar surface area (TPSA) is 47.4 Å². The van der Waals surface area contributed by atoms with E-state index >= 15 is 0 Å². The molecule has 4 saturated carbocycles. The van der Waals surface area contributed by atoms with E-state index in [1.807, 2.05) is 12.5 Å². The number of fused-ring (bicyclic) bond motifs is 3. The van der Waals surface area contributed by atoms with Gasteiger partial charge in [0.05, 0.1) is 44.6 Å². The molecular weight excluding hydrogens is 450 g/mol.